The van der Waals surface area contributed by atoms with Crippen molar-refractivity contribution in [1.82, 2.24) is 25.3 Å². The Kier molecular flexibility index (Phi) is 5.71. The summed E-state index contributed by atoms with van der Waals surface area (Å²) < 4.78 is 10.3. The number of benzene rings is 1. The number of para-hydroxylation sites is 1. The average Bonchev–Trinajstić information content (AvgIpc) is 3.19. The fourth-order valence-electron chi connectivity index (χ4n) is 3.77. The molecule has 4 rings (SSSR count). The highest BCUT2D eigenvalue weighted by molar-refractivity contribution is 5.95. The van der Waals surface area contributed by atoms with Gasteiger partial charge >= 0.3 is 0 Å². The zero-order chi connectivity index (χ0) is 21.1. The Morgan fingerprint density at radius 3 is 2.83 bits per heavy atom. The normalized spacial score (nSPS) is 19.1. The molecule has 30 heavy (non-hydrogen) atoms. The summed E-state index contributed by atoms with van der Waals surface area (Å²) in [6, 6.07) is 10.9. The zero-order valence-corrected chi connectivity index (χ0v) is 16.9. The van der Waals surface area contributed by atoms with Crippen LogP contribution in [0.5, 0.6) is 0 Å². The molecule has 0 bridgehead atoms. The van der Waals surface area contributed by atoms with Crippen molar-refractivity contribution < 1.29 is 18.8 Å². The van der Waals surface area contributed by atoms with Crippen molar-refractivity contribution in [2.45, 2.75) is 25.3 Å². The minimum Gasteiger partial charge on any atom is -0.375 e. The van der Waals surface area contributed by atoms with Gasteiger partial charge in [0.15, 0.2) is 5.82 Å². The maximum absolute atomic E-state index is 13.1. The molecule has 1 fully saturated rings. The molecule has 1 aliphatic heterocycles. The fourth-order valence-corrected chi connectivity index (χ4v) is 3.77. The minimum atomic E-state index is -0.370. The smallest absolute Gasteiger partial charge is 0.272 e. The maximum atomic E-state index is 13.1. The van der Waals surface area contributed by atoms with E-state index in [0.29, 0.717) is 36.9 Å². The third-order valence-corrected chi connectivity index (χ3v) is 5.20. The summed E-state index contributed by atoms with van der Waals surface area (Å²) in [5.41, 5.74) is 1.15. The molecule has 2 atom stereocenters. The van der Waals surface area contributed by atoms with Gasteiger partial charge in [0.25, 0.3) is 5.91 Å². The Hall–Kier alpha value is -3.33. The van der Waals surface area contributed by atoms with E-state index in [-0.39, 0.29) is 30.4 Å². The van der Waals surface area contributed by atoms with Gasteiger partial charge < -0.3 is 19.5 Å². The van der Waals surface area contributed by atoms with Gasteiger partial charge in [-0.2, -0.15) is 4.98 Å². The molecule has 2 aromatic heterocycles. The molecule has 3 heterocycles. The molecule has 0 aliphatic carbocycles. The van der Waals surface area contributed by atoms with Gasteiger partial charge in [0.2, 0.25) is 11.8 Å². The minimum absolute atomic E-state index is 0.0632. The molecule has 3 aromatic rings. The number of pyridine rings is 1. The first-order chi connectivity index (χ1) is 14.5. The Labute approximate surface area is 173 Å². The van der Waals surface area contributed by atoms with Crippen LogP contribution in [0, 0.1) is 6.92 Å². The summed E-state index contributed by atoms with van der Waals surface area (Å²) in [7, 11) is 1.46. The first kappa shape index (κ1) is 20.0. The van der Waals surface area contributed by atoms with Gasteiger partial charge in [0.1, 0.15) is 12.3 Å². The third-order valence-electron chi connectivity index (χ3n) is 5.20. The van der Waals surface area contributed by atoms with Gasteiger partial charge in [0.05, 0.1) is 17.5 Å². The molecule has 2 amide bonds. The molecular formula is C21H23N5O4. The Balaban J connectivity index is 1.55. The summed E-state index contributed by atoms with van der Waals surface area (Å²) in [5, 5.41) is 7.77. The fraction of sp³-hybridized carbons (Fsp3) is 0.381. The summed E-state index contributed by atoms with van der Waals surface area (Å²) in [6.07, 6.45) is 0.582. The van der Waals surface area contributed by atoms with Gasteiger partial charge in [0, 0.05) is 25.6 Å². The standard InChI is InChI=1S/C21H23N5O4/c1-13-22-20(30-25-13)15-9-10-26(11-18(15)24-19(27)12-29-2)21(28)17-8-7-14-5-3-4-6-16(14)23-17/h3-8,15,18H,9-12H2,1-2H3,(H,24,27)/t15-,18+/m0/s1. The molecular weight excluding hydrogens is 386 g/mol. The molecule has 0 saturated carbocycles. The van der Waals surface area contributed by atoms with Crippen molar-refractivity contribution in [2.24, 2.45) is 0 Å². The maximum Gasteiger partial charge on any atom is 0.272 e. The number of carbonyl (C=O) groups is 2. The number of amides is 2. The van der Waals surface area contributed by atoms with Gasteiger partial charge in [-0.1, -0.05) is 29.4 Å². The number of carbonyl (C=O) groups excluding carboxylic acids is 2. The second-order valence-corrected chi connectivity index (χ2v) is 7.32. The van der Waals surface area contributed by atoms with Crippen LogP contribution >= 0.6 is 0 Å². The van der Waals surface area contributed by atoms with Crippen LogP contribution in [0.4, 0.5) is 0 Å². The molecule has 156 valence electrons. The predicted octanol–water partition coefficient (Wildman–Crippen LogP) is 1.69. The summed E-state index contributed by atoms with van der Waals surface area (Å²) in [5.74, 6) is 0.381. The van der Waals surface area contributed by atoms with Crippen LogP contribution in [0.1, 0.15) is 34.5 Å². The van der Waals surface area contributed by atoms with Crippen molar-refractivity contribution in [3.8, 4) is 0 Å². The van der Waals surface area contributed by atoms with Gasteiger partial charge in [-0.05, 0) is 25.5 Å². The quantitative estimate of drug-likeness (QED) is 0.683. The van der Waals surface area contributed by atoms with E-state index in [1.54, 1.807) is 17.9 Å². The number of aromatic nitrogens is 3. The van der Waals surface area contributed by atoms with Gasteiger partial charge in [-0.25, -0.2) is 4.98 Å². The second kappa shape index (κ2) is 8.58. The number of piperidine rings is 1. The Bertz CT molecular complexity index is 1070. The number of ether oxygens (including phenoxy) is 1. The summed E-state index contributed by atoms with van der Waals surface area (Å²) in [6.45, 7) is 2.49. The van der Waals surface area contributed by atoms with E-state index in [2.05, 4.69) is 20.4 Å². The lowest BCUT2D eigenvalue weighted by Crippen LogP contribution is -2.54. The lowest BCUT2D eigenvalue weighted by Gasteiger charge is -2.37. The van der Waals surface area contributed by atoms with Crippen LogP contribution in [-0.2, 0) is 9.53 Å². The first-order valence-corrected chi connectivity index (χ1v) is 9.78. The highest BCUT2D eigenvalue weighted by Crippen LogP contribution is 2.28. The Morgan fingerprint density at radius 2 is 2.07 bits per heavy atom. The molecule has 1 saturated heterocycles. The van der Waals surface area contributed by atoms with Gasteiger partial charge in [-0.3, -0.25) is 9.59 Å². The van der Waals surface area contributed by atoms with Crippen LogP contribution in [0.25, 0.3) is 10.9 Å². The first-order valence-electron chi connectivity index (χ1n) is 9.78. The van der Waals surface area contributed by atoms with Crippen molar-refractivity contribution in [3.05, 3.63) is 53.8 Å². The van der Waals surface area contributed by atoms with Crippen molar-refractivity contribution >= 4 is 22.7 Å². The molecule has 0 unspecified atom stereocenters. The van der Waals surface area contributed by atoms with E-state index in [4.69, 9.17) is 9.26 Å². The molecule has 0 spiro atoms. The number of nitrogens with zero attached hydrogens (tertiary/aromatic N) is 4. The molecule has 1 aliphatic rings. The lowest BCUT2D eigenvalue weighted by atomic mass is 9.91. The molecule has 9 heteroatoms. The number of hydrogen-bond acceptors (Lipinski definition) is 7. The number of hydrogen-bond donors (Lipinski definition) is 1. The van der Waals surface area contributed by atoms with E-state index >= 15 is 0 Å². The van der Waals surface area contributed by atoms with E-state index in [9.17, 15) is 9.59 Å². The number of methoxy groups -OCH3 is 1. The molecule has 9 nitrogen and oxygen atoms in total. The van der Waals surface area contributed by atoms with E-state index < -0.39 is 0 Å². The van der Waals surface area contributed by atoms with Crippen LogP contribution in [-0.4, -0.2) is 64.7 Å². The number of likely N-dealkylation sites (tertiary alicyclic amines) is 1. The van der Waals surface area contributed by atoms with Gasteiger partial charge in [-0.15, -0.1) is 0 Å². The SMILES string of the molecule is COCC(=O)N[C@@H]1CN(C(=O)c2ccc3ccccc3n2)CC[C@@H]1c1nc(C)no1. The molecule has 0 radical (unpaired) electrons. The van der Waals surface area contributed by atoms with Crippen molar-refractivity contribution in [2.75, 3.05) is 26.8 Å². The average molecular weight is 409 g/mol. The summed E-state index contributed by atoms with van der Waals surface area (Å²) in [4.78, 5) is 35.8. The molecule has 1 aromatic carbocycles. The number of fused-ring (bicyclic) bond motifs is 1. The monoisotopic (exact) mass is 409 g/mol. The number of rotatable bonds is 5. The highest BCUT2D eigenvalue weighted by atomic mass is 16.5. The largest absolute Gasteiger partial charge is 0.375 e. The Morgan fingerprint density at radius 1 is 1.23 bits per heavy atom. The van der Waals surface area contributed by atoms with Crippen LogP contribution in [0.15, 0.2) is 40.9 Å². The van der Waals surface area contributed by atoms with Crippen LogP contribution in [0.3, 0.4) is 0 Å². The predicted molar refractivity (Wildman–Crippen MR) is 108 cm³/mol. The third kappa shape index (κ3) is 4.16. The highest BCUT2D eigenvalue weighted by Gasteiger charge is 2.37. The number of aryl methyl sites for hydroxylation is 1. The summed E-state index contributed by atoms with van der Waals surface area (Å²) >= 11 is 0. The van der Waals surface area contributed by atoms with Crippen LogP contribution in [0.2, 0.25) is 0 Å². The van der Waals surface area contributed by atoms with Crippen molar-refractivity contribution in [3.63, 3.8) is 0 Å². The lowest BCUT2D eigenvalue weighted by molar-refractivity contribution is -0.126. The van der Waals surface area contributed by atoms with E-state index in [1.807, 2.05) is 30.3 Å². The zero-order valence-electron chi connectivity index (χ0n) is 16.9. The van der Waals surface area contributed by atoms with E-state index in [0.717, 1.165) is 10.9 Å². The number of nitrogens with one attached hydrogen (secondary N) is 1. The second-order valence-electron chi connectivity index (χ2n) is 7.32. The van der Waals surface area contributed by atoms with Crippen LogP contribution < -0.4 is 5.32 Å². The molecule has 1 N–H and O–H groups in total. The topological polar surface area (TPSA) is 110 Å². The van der Waals surface area contributed by atoms with Crippen molar-refractivity contribution in [1.29, 1.82) is 0 Å². The van der Waals surface area contributed by atoms with E-state index in [1.165, 1.54) is 7.11 Å².